The number of amides is 1. The second-order valence-corrected chi connectivity index (χ2v) is 11.2. The smallest absolute Gasteiger partial charge is 0.270 e. The summed E-state index contributed by atoms with van der Waals surface area (Å²) in [6, 6.07) is 2.13. The predicted octanol–water partition coefficient (Wildman–Crippen LogP) is 4.75. The Morgan fingerprint density at radius 2 is 1.69 bits per heavy atom. The number of piperazine rings is 1. The Balaban J connectivity index is 2.02. The van der Waals surface area contributed by atoms with Crippen molar-refractivity contribution < 1.29 is 4.79 Å². The number of nitriles is 1. The summed E-state index contributed by atoms with van der Waals surface area (Å²) in [5, 5.41) is 9.83. The van der Waals surface area contributed by atoms with Crippen molar-refractivity contribution in [3.63, 3.8) is 0 Å². The minimum atomic E-state index is -0.249. The minimum absolute atomic E-state index is 0.0756. The van der Waals surface area contributed by atoms with Gasteiger partial charge in [-0.3, -0.25) is 19.1 Å². The summed E-state index contributed by atoms with van der Waals surface area (Å²) in [7, 11) is 0. The monoisotopic (exact) mass is 529 g/mol. The predicted molar refractivity (Wildman–Crippen MR) is 153 cm³/mol. The second kappa shape index (κ2) is 13.4. The van der Waals surface area contributed by atoms with Crippen molar-refractivity contribution >= 4 is 46.1 Å². The standard InChI is InChI=1S/C27H39N5O2S2/c1-5-8-9-10-11-13-32-26(34)23(36-27(32)35)18-21-20(4)22(19-28)25(33)31(12-6-2)24(21)30-16-14-29(7-3)15-17-30/h18H,5-17H2,1-4H3/b23-18+. The lowest BCUT2D eigenvalue weighted by molar-refractivity contribution is -0.122. The topological polar surface area (TPSA) is 72.6 Å². The highest BCUT2D eigenvalue weighted by molar-refractivity contribution is 8.26. The first-order valence-electron chi connectivity index (χ1n) is 13.3. The maximum atomic E-state index is 13.3. The molecule has 7 nitrogen and oxygen atoms in total. The van der Waals surface area contributed by atoms with Gasteiger partial charge in [-0.05, 0) is 37.9 Å². The molecule has 0 N–H and O–H groups in total. The number of likely N-dealkylation sites (N-methyl/N-ethyl adjacent to an activating group) is 1. The van der Waals surface area contributed by atoms with Crippen LogP contribution in [0.4, 0.5) is 5.82 Å². The van der Waals surface area contributed by atoms with E-state index >= 15 is 0 Å². The van der Waals surface area contributed by atoms with Crippen molar-refractivity contribution in [1.82, 2.24) is 14.4 Å². The number of rotatable bonds is 11. The number of hydrogen-bond donors (Lipinski definition) is 0. The van der Waals surface area contributed by atoms with Gasteiger partial charge in [0.05, 0.1) is 4.91 Å². The third-order valence-electron chi connectivity index (χ3n) is 7.05. The maximum absolute atomic E-state index is 13.3. The van der Waals surface area contributed by atoms with Crippen molar-refractivity contribution in [2.45, 2.75) is 72.8 Å². The number of thioether (sulfide) groups is 1. The molecule has 1 aromatic rings. The van der Waals surface area contributed by atoms with Crippen LogP contribution in [0, 0.1) is 18.3 Å². The molecule has 1 aromatic heterocycles. The van der Waals surface area contributed by atoms with Gasteiger partial charge in [0.1, 0.15) is 21.8 Å². The molecule has 0 radical (unpaired) electrons. The minimum Gasteiger partial charge on any atom is -0.355 e. The normalized spacial score (nSPS) is 17.9. The number of carbonyl (C=O) groups excluding carboxylic acids is 1. The van der Waals surface area contributed by atoms with Crippen LogP contribution in [0.2, 0.25) is 0 Å². The third-order valence-corrected chi connectivity index (χ3v) is 8.42. The van der Waals surface area contributed by atoms with Crippen LogP contribution in [-0.4, -0.2) is 63.9 Å². The van der Waals surface area contributed by atoms with E-state index in [2.05, 4.69) is 29.7 Å². The van der Waals surface area contributed by atoms with Crippen LogP contribution in [0.1, 0.15) is 76.0 Å². The average Bonchev–Trinajstić information content (AvgIpc) is 3.14. The SMILES string of the molecule is CCCCCCCN1C(=O)/C(=C\c2c(C)c(C#N)c(=O)n(CCC)c2N2CCN(CC)CC2)SC1=S. The highest BCUT2D eigenvalue weighted by Crippen LogP contribution is 2.36. The number of unbranched alkanes of at least 4 members (excludes halogenated alkanes) is 4. The van der Waals surface area contributed by atoms with Crippen molar-refractivity contribution in [3.05, 3.63) is 31.9 Å². The molecule has 36 heavy (non-hydrogen) atoms. The number of nitrogens with zero attached hydrogens (tertiary/aromatic N) is 5. The van der Waals surface area contributed by atoms with E-state index in [0.717, 1.165) is 63.4 Å². The molecular formula is C27H39N5O2S2. The maximum Gasteiger partial charge on any atom is 0.270 e. The zero-order chi connectivity index (χ0) is 26.2. The van der Waals surface area contributed by atoms with Gasteiger partial charge in [-0.2, -0.15) is 5.26 Å². The summed E-state index contributed by atoms with van der Waals surface area (Å²) in [5.74, 6) is 0.743. The van der Waals surface area contributed by atoms with E-state index in [1.807, 2.05) is 19.9 Å². The Hall–Kier alpha value is -2.15. The molecule has 3 rings (SSSR count). The molecule has 0 atom stereocenters. The summed E-state index contributed by atoms with van der Waals surface area (Å²) in [4.78, 5) is 33.6. The molecule has 0 saturated carbocycles. The van der Waals surface area contributed by atoms with Crippen LogP contribution in [0.5, 0.6) is 0 Å². The van der Waals surface area contributed by atoms with E-state index in [1.54, 1.807) is 9.47 Å². The Kier molecular flexibility index (Phi) is 10.6. The molecule has 1 amide bonds. The number of hydrogen-bond acceptors (Lipinski definition) is 7. The Morgan fingerprint density at radius 1 is 1.00 bits per heavy atom. The molecule has 0 aromatic carbocycles. The Bertz CT molecular complexity index is 1100. The summed E-state index contributed by atoms with van der Waals surface area (Å²) in [6.45, 7) is 13.8. The van der Waals surface area contributed by atoms with E-state index in [1.165, 1.54) is 31.0 Å². The summed E-state index contributed by atoms with van der Waals surface area (Å²) < 4.78 is 2.33. The van der Waals surface area contributed by atoms with E-state index in [9.17, 15) is 14.9 Å². The largest absolute Gasteiger partial charge is 0.355 e. The molecule has 2 aliphatic heterocycles. The van der Waals surface area contributed by atoms with Crippen LogP contribution in [-0.2, 0) is 11.3 Å². The van der Waals surface area contributed by atoms with Crippen LogP contribution in [0.3, 0.4) is 0 Å². The van der Waals surface area contributed by atoms with Crippen molar-refractivity contribution in [1.29, 1.82) is 5.26 Å². The van der Waals surface area contributed by atoms with E-state index in [0.29, 0.717) is 27.9 Å². The molecule has 0 spiro atoms. The van der Waals surface area contributed by atoms with Gasteiger partial charge in [0.15, 0.2) is 0 Å². The number of carbonyl (C=O) groups is 1. The molecule has 0 aliphatic carbocycles. The first kappa shape index (κ1) is 28.4. The lowest BCUT2D eigenvalue weighted by Gasteiger charge is -2.37. The van der Waals surface area contributed by atoms with Crippen LogP contribution in [0.25, 0.3) is 6.08 Å². The molecule has 2 aliphatic rings. The summed E-state index contributed by atoms with van der Waals surface area (Å²) >= 11 is 6.89. The zero-order valence-electron chi connectivity index (χ0n) is 22.1. The molecule has 2 fully saturated rings. The van der Waals surface area contributed by atoms with Gasteiger partial charge in [-0.1, -0.05) is 70.4 Å². The number of thiocarbonyl (C=S) groups is 1. The van der Waals surface area contributed by atoms with Gasteiger partial charge in [-0.15, -0.1) is 0 Å². The highest BCUT2D eigenvalue weighted by Gasteiger charge is 2.33. The molecule has 0 unspecified atom stereocenters. The van der Waals surface area contributed by atoms with Gasteiger partial charge >= 0.3 is 0 Å². The first-order chi connectivity index (χ1) is 17.4. The highest BCUT2D eigenvalue weighted by atomic mass is 32.2. The fraction of sp³-hybridized carbons (Fsp3) is 0.630. The Morgan fingerprint density at radius 3 is 2.31 bits per heavy atom. The van der Waals surface area contributed by atoms with Crippen molar-refractivity contribution in [3.8, 4) is 6.07 Å². The second-order valence-electron chi connectivity index (χ2n) is 9.47. The summed E-state index contributed by atoms with van der Waals surface area (Å²) in [6.07, 6.45) is 8.24. The Labute approximate surface area is 225 Å². The van der Waals surface area contributed by atoms with E-state index in [-0.39, 0.29) is 17.0 Å². The third kappa shape index (κ3) is 6.21. The molecule has 196 valence electrons. The lowest BCUT2D eigenvalue weighted by atomic mass is 10.0. The van der Waals surface area contributed by atoms with E-state index < -0.39 is 0 Å². The zero-order valence-corrected chi connectivity index (χ0v) is 23.8. The number of anilines is 1. The molecule has 0 bridgehead atoms. The number of aromatic nitrogens is 1. The molecular weight excluding hydrogens is 490 g/mol. The van der Waals surface area contributed by atoms with Gasteiger partial charge in [0.25, 0.3) is 11.5 Å². The molecule has 9 heteroatoms. The fourth-order valence-corrected chi connectivity index (χ4v) is 6.18. The molecule has 3 heterocycles. The van der Waals surface area contributed by atoms with Gasteiger partial charge < -0.3 is 9.80 Å². The van der Waals surface area contributed by atoms with Crippen LogP contribution in [0.15, 0.2) is 9.70 Å². The quantitative estimate of drug-likeness (QED) is 0.233. The average molecular weight is 530 g/mol. The molecule has 2 saturated heterocycles. The van der Waals surface area contributed by atoms with E-state index in [4.69, 9.17) is 12.2 Å². The van der Waals surface area contributed by atoms with Crippen LogP contribution < -0.4 is 10.5 Å². The first-order valence-corrected chi connectivity index (χ1v) is 14.5. The fourth-order valence-electron chi connectivity index (χ4n) is 4.89. The lowest BCUT2D eigenvalue weighted by Crippen LogP contribution is -2.48. The van der Waals surface area contributed by atoms with Gasteiger partial charge in [-0.25, -0.2) is 0 Å². The van der Waals surface area contributed by atoms with Gasteiger partial charge in [0.2, 0.25) is 0 Å². The van der Waals surface area contributed by atoms with Crippen LogP contribution >= 0.6 is 24.0 Å². The van der Waals surface area contributed by atoms with Gasteiger partial charge in [0, 0.05) is 44.8 Å². The number of pyridine rings is 1. The summed E-state index contributed by atoms with van der Waals surface area (Å²) in [5.41, 5.74) is 1.32. The van der Waals surface area contributed by atoms with Crippen molar-refractivity contribution in [2.75, 3.05) is 44.2 Å². The van der Waals surface area contributed by atoms with Crippen molar-refractivity contribution in [2.24, 2.45) is 0 Å².